The molecule has 0 aliphatic heterocycles. The van der Waals surface area contributed by atoms with Gasteiger partial charge in [-0.25, -0.2) is 4.79 Å². The monoisotopic (exact) mass is 1090 g/mol. The first-order valence-corrected chi connectivity index (χ1v) is 27.6. The van der Waals surface area contributed by atoms with Crippen molar-refractivity contribution in [2.24, 2.45) is 0 Å². The maximum atomic E-state index is 13.8. The molecule has 2 rings (SSSR count). The van der Waals surface area contributed by atoms with E-state index in [0.29, 0.717) is 83.2 Å². The van der Waals surface area contributed by atoms with E-state index in [1.807, 2.05) is 30.3 Å². The van der Waals surface area contributed by atoms with Gasteiger partial charge in [0.1, 0.15) is 35.6 Å². The number of carbonyl (C=O) groups is 8. The third-order valence-electron chi connectivity index (χ3n) is 11.2. The molecular formula is C57H93N5O15. The molecule has 5 amide bonds. The molecule has 0 heterocycles. The second-order valence-corrected chi connectivity index (χ2v) is 22.1. The number of rotatable bonds is 37. The van der Waals surface area contributed by atoms with Crippen LogP contribution in [0.2, 0.25) is 0 Å². The number of nitrogens with one attached hydrogen (secondary N) is 5. The van der Waals surface area contributed by atoms with Crippen molar-refractivity contribution in [3.8, 4) is 0 Å². The van der Waals surface area contributed by atoms with Gasteiger partial charge in [0.2, 0.25) is 23.6 Å². The minimum Gasteiger partial charge on any atom is -0.460 e. The van der Waals surface area contributed by atoms with Crippen molar-refractivity contribution in [1.82, 2.24) is 26.6 Å². The van der Waals surface area contributed by atoms with Crippen LogP contribution in [0.5, 0.6) is 0 Å². The number of ether oxygens (including phenoxy) is 7. The zero-order chi connectivity index (χ0) is 57.1. The lowest BCUT2D eigenvalue weighted by Gasteiger charge is -2.36. The number of amides is 5. The minimum absolute atomic E-state index is 0.00920. The number of benzene rings is 1. The van der Waals surface area contributed by atoms with E-state index >= 15 is 0 Å². The summed E-state index contributed by atoms with van der Waals surface area (Å²) in [5.41, 5.74) is -0.461. The fraction of sp³-hybridized carbons (Fsp3) is 0.719. The Labute approximate surface area is 457 Å². The number of hydrogen-bond acceptors (Lipinski definition) is 15. The summed E-state index contributed by atoms with van der Waals surface area (Å²) in [5.74, 6) is -2.06. The zero-order valence-electron chi connectivity index (χ0n) is 47.7. The molecule has 1 aliphatic carbocycles. The topological polar surface area (TPSA) is 261 Å². The van der Waals surface area contributed by atoms with Gasteiger partial charge in [-0.1, -0.05) is 43.2 Å². The molecule has 0 spiro atoms. The number of unbranched alkanes of at least 4 members (excludes halogenated alkanes) is 6. The first-order chi connectivity index (χ1) is 36.4. The smallest absolute Gasteiger partial charge is 0.407 e. The van der Waals surface area contributed by atoms with Crippen molar-refractivity contribution in [1.29, 1.82) is 0 Å². The highest BCUT2D eigenvalue weighted by Crippen LogP contribution is 2.28. The van der Waals surface area contributed by atoms with Crippen LogP contribution < -0.4 is 26.6 Å². The minimum atomic E-state index is -0.891. The average Bonchev–Trinajstić information content (AvgIpc) is 3.33. The molecule has 1 aromatic rings. The van der Waals surface area contributed by atoms with Gasteiger partial charge in [0.15, 0.2) is 0 Å². The first-order valence-electron chi connectivity index (χ1n) is 27.6. The molecule has 0 bridgehead atoms. The number of carbonyl (C=O) groups excluding carboxylic acids is 8. The molecule has 0 aromatic heterocycles. The standard InChI is InChI=1S/C57H93N5O15/c1-55(2,3)75-49(66)25-15-20-31-58-46(63)28-36-71-44-39-43(53(69)61-34-18-10-11-19-35-62-54(70)74-41-42-23-13-12-14-24-42)40-45(72-37-29-47(64)59-32-21-16-26-50(67)76-56(4,5)6)52(44)73-38-30-48(65)60-33-22-17-27-51(68)77-57(7,8)9/h12-14,23-24,39,44-45,52H,10-11,15-22,25-38,40-41H2,1-9H3,(H,58,63)(H,59,64)(H,60,65)(H,61,69)(H,62,70)/t44-,45-,52-/m1/s1. The van der Waals surface area contributed by atoms with Gasteiger partial charge in [0.25, 0.3) is 0 Å². The lowest BCUT2D eigenvalue weighted by atomic mass is 9.91. The van der Waals surface area contributed by atoms with E-state index in [1.165, 1.54) is 0 Å². The zero-order valence-corrected chi connectivity index (χ0v) is 47.7. The van der Waals surface area contributed by atoms with Crippen LogP contribution in [0.15, 0.2) is 42.0 Å². The molecule has 0 fully saturated rings. The van der Waals surface area contributed by atoms with Gasteiger partial charge in [-0.15, -0.1) is 0 Å². The highest BCUT2D eigenvalue weighted by Gasteiger charge is 2.38. The number of esters is 3. The van der Waals surface area contributed by atoms with E-state index in [4.69, 9.17) is 33.2 Å². The summed E-state index contributed by atoms with van der Waals surface area (Å²) in [4.78, 5) is 101. The Morgan fingerprint density at radius 2 is 0.870 bits per heavy atom. The van der Waals surface area contributed by atoms with Gasteiger partial charge < -0.3 is 59.7 Å². The van der Waals surface area contributed by atoms with Crippen molar-refractivity contribution < 1.29 is 71.5 Å². The Bertz CT molecular complexity index is 1980. The van der Waals surface area contributed by atoms with Gasteiger partial charge >= 0.3 is 24.0 Å². The van der Waals surface area contributed by atoms with Gasteiger partial charge in [-0.3, -0.25) is 33.6 Å². The quantitative estimate of drug-likeness (QED) is 0.0252. The highest BCUT2D eigenvalue weighted by atomic mass is 16.6. The third kappa shape index (κ3) is 36.2. The van der Waals surface area contributed by atoms with Crippen molar-refractivity contribution in [3.05, 3.63) is 47.5 Å². The van der Waals surface area contributed by atoms with E-state index < -0.39 is 41.2 Å². The molecule has 20 heteroatoms. The van der Waals surface area contributed by atoms with Gasteiger partial charge in [0.05, 0.1) is 25.9 Å². The van der Waals surface area contributed by atoms with Gasteiger partial charge in [0, 0.05) is 83.2 Å². The van der Waals surface area contributed by atoms with Crippen LogP contribution in [0, 0.1) is 0 Å². The predicted octanol–water partition coefficient (Wildman–Crippen LogP) is 7.13. The number of hydrogen-bond donors (Lipinski definition) is 5. The summed E-state index contributed by atoms with van der Waals surface area (Å²) in [6.45, 7) is 18.2. The summed E-state index contributed by atoms with van der Waals surface area (Å²) >= 11 is 0. The van der Waals surface area contributed by atoms with E-state index in [2.05, 4.69) is 26.6 Å². The first kappa shape index (κ1) is 67.5. The second-order valence-electron chi connectivity index (χ2n) is 22.1. The van der Waals surface area contributed by atoms with Gasteiger partial charge in [-0.05, 0) is 125 Å². The van der Waals surface area contributed by atoms with E-state index in [0.717, 1.165) is 24.8 Å². The van der Waals surface area contributed by atoms with Gasteiger partial charge in [-0.2, -0.15) is 0 Å². The molecule has 0 unspecified atom stereocenters. The lowest BCUT2D eigenvalue weighted by molar-refractivity contribution is -0.156. The second kappa shape index (κ2) is 37.3. The Morgan fingerprint density at radius 3 is 1.32 bits per heavy atom. The van der Waals surface area contributed by atoms with Crippen LogP contribution in [-0.4, -0.2) is 135 Å². The Hall–Kier alpha value is -5.60. The lowest BCUT2D eigenvalue weighted by Crippen LogP contribution is -2.47. The summed E-state index contributed by atoms with van der Waals surface area (Å²) in [6.07, 6.45) is 5.76. The fourth-order valence-corrected chi connectivity index (χ4v) is 7.64. The van der Waals surface area contributed by atoms with E-state index in [9.17, 15) is 38.4 Å². The molecule has 436 valence electrons. The molecule has 1 aliphatic rings. The van der Waals surface area contributed by atoms with Crippen LogP contribution in [0.4, 0.5) is 4.79 Å². The molecule has 0 saturated heterocycles. The van der Waals surface area contributed by atoms with Crippen LogP contribution in [-0.2, 0) is 73.3 Å². The van der Waals surface area contributed by atoms with E-state index in [1.54, 1.807) is 68.4 Å². The SMILES string of the molecule is CC(C)(C)OC(=O)CCCCNC(=O)CCO[C@@H]1[C@H](OCCC(=O)NCCCCC(=O)OC(C)(C)C)C=C(C(=O)NCCCCCCNC(=O)OCc2ccccc2)C[C@H]1OCCC(=O)NCCCCC(=O)OC(C)(C)C. The highest BCUT2D eigenvalue weighted by molar-refractivity contribution is 5.93. The number of alkyl carbamates (subject to hydrolysis) is 1. The maximum Gasteiger partial charge on any atom is 0.407 e. The summed E-state index contributed by atoms with van der Waals surface area (Å²) < 4.78 is 40.3. The maximum absolute atomic E-state index is 13.8. The average molecular weight is 1090 g/mol. The molecule has 77 heavy (non-hydrogen) atoms. The Morgan fingerprint density at radius 1 is 0.468 bits per heavy atom. The predicted molar refractivity (Wildman–Crippen MR) is 290 cm³/mol. The molecule has 3 atom stereocenters. The molecular weight excluding hydrogens is 995 g/mol. The van der Waals surface area contributed by atoms with Crippen molar-refractivity contribution >= 4 is 47.6 Å². The normalized spacial score (nSPS) is 15.5. The van der Waals surface area contributed by atoms with Crippen molar-refractivity contribution in [2.45, 2.75) is 213 Å². The fourth-order valence-electron chi connectivity index (χ4n) is 7.64. The Balaban J connectivity index is 2.09. The van der Waals surface area contributed by atoms with Crippen LogP contribution in [0.25, 0.3) is 0 Å². The molecule has 0 saturated carbocycles. The van der Waals surface area contributed by atoms with Crippen LogP contribution in [0.1, 0.15) is 177 Å². The largest absolute Gasteiger partial charge is 0.460 e. The third-order valence-corrected chi connectivity index (χ3v) is 11.2. The van der Waals surface area contributed by atoms with Crippen molar-refractivity contribution in [3.63, 3.8) is 0 Å². The molecule has 5 N–H and O–H groups in total. The van der Waals surface area contributed by atoms with Crippen LogP contribution in [0.3, 0.4) is 0 Å². The van der Waals surface area contributed by atoms with E-state index in [-0.39, 0.29) is 113 Å². The van der Waals surface area contributed by atoms with Crippen molar-refractivity contribution in [2.75, 3.05) is 52.5 Å². The summed E-state index contributed by atoms with van der Waals surface area (Å²) in [7, 11) is 0. The molecule has 0 radical (unpaired) electrons. The molecule has 1 aromatic carbocycles. The van der Waals surface area contributed by atoms with Crippen LogP contribution >= 0.6 is 0 Å². The summed E-state index contributed by atoms with van der Waals surface area (Å²) in [6, 6.07) is 9.42. The summed E-state index contributed by atoms with van der Waals surface area (Å²) in [5, 5.41) is 14.3. The Kier molecular flexibility index (Phi) is 32.7. The molecule has 20 nitrogen and oxygen atoms in total.